The van der Waals surface area contributed by atoms with E-state index < -0.39 is 0 Å². The highest BCUT2D eigenvalue weighted by Crippen LogP contribution is 2.27. The summed E-state index contributed by atoms with van der Waals surface area (Å²) in [5, 5.41) is 3.07. The minimum Gasteiger partial charge on any atom is -0.352 e. The number of rotatable bonds is 7. The van der Waals surface area contributed by atoms with Gasteiger partial charge in [0, 0.05) is 43.0 Å². The molecule has 0 spiro atoms. The average molecular weight is 393 g/mol. The van der Waals surface area contributed by atoms with Crippen LogP contribution in [-0.4, -0.2) is 15.9 Å². The Morgan fingerprint density at radius 2 is 1.53 bits per heavy atom. The SMILES string of the molecule is O=C(CC(c1ccccc1)c1ccccc1)NCc1ccnc(-c2cccnc2)c1. The standard InChI is InChI=1S/C26H23N3O/c30-26(17-24(21-8-3-1-4-9-21)22-10-5-2-6-11-22)29-18-20-13-15-28-25(16-20)23-12-7-14-27-19-23/h1-16,19,24H,17-18H2,(H,29,30). The molecular weight excluding hydrogens is 370 g/mol. The maximum atomic E-state index is 12.8. The second-order valence-corrected chi connectivity index (χ2v) is 7.15. The maximum absolute atomic E-state index is 12.8. The van der Waals surface area contributed by atoms with Crippen molar-refractivity contribution in [2.45, 2.75) is 18.9 Å². The lowest BCUT2D eigenvalue weighted by atomic mass is 9.88. The van der Waals surface area contributed by atoms with Gasteiger partial charge in [-0.3, -0.25) is 14.8 Å². The van der Waals surface area contributed by atoms with Gasteiger partial charge in [0.2, 0.25) is 5.91 Å². The first-order valence-electron chi connectivity index (χ1n) is 10.0. The minimum atomic E-state index is 0.0208. The number of hydrogen-bond donors (Lipinski definition) is 1. The summed E-state index contributed by atoms with van der Waals surface area (Å²) in [7, 11) is 0. The average Bonchev–Trinajstić information content (AvgIpc) is 2.83. The predicted molar refractivity (Wildman–Crippen MR) is 119 cm³/mol. The van der Waals surface area contributed by atoms with Gasteiger partial charge in [0.1, 0.15) is 0 Å². The van der Waals surface area contributed by atoms with Gasteiger partial charge in [-0.2, -0.15) is 0 Å². The first kappa shape index (κ1) is 19.5. The monoisotopic (exact) mass is 393 g/mol. The van der Waals surface area contributed by atoms with E-state index in [0.29, 0.717) is 13.0 Å². The van der Waals surface area contributed by atoms with E-state index in [1.54, 1.807) is 18.6 Å². The van der Waals surface area contributed by atoms with Crippen molar-refractivity contribution >= 4 is 5.91 Å². The number of aromatic nitrogens is 2. The smallest absolute Gasteiger partial charge is 0.221 e. The molecule has 0 fully saturated rings. The number of carbonyl (C=O) groups is 1. The second kappa shape index (κ2) is 9.61. The molecule has 4 heteroatoms. The molecule has 148 valence electrons. The molecule has 4 aromatic rings. The predicted octanol–water partition coefficient (Wildman–Crippen LogP) is 4.98. The van der Waals surface area contributed by atoms with Crippen molar-refractivity contribution in [3.05, 3.63) is 120 Å². The number of hydrogen-bond acceptors (Lipinski definition) is 3. The van der Waals surface area contributed by atoms with E-state index in [2.05, 4.69) is 39.6 Å². The molecule has 0 saturated carbocycles. The summed E-state index contributed by atoms with van der Waals surface area (Å²) in [6.45, 7) is 0.463. The Balaban J connectivity index is 1.45. The van der Waals surface area contributed by atoms with Crippen LogP contribution in [0.1, 0.15) is 29.0 Å². The molecule has 1 amide bonds. The molecular formula is C26H23N3O. The van der Waals surface area contributed by atoms with Crippen molar-refractivity contribution in [2.75, 3.05) is 0 Å². The van der Waals surface area contributed by atoms with Crippen LogP contribution in [0, 0.1) is 0 Å². The van der Waals surface area contributed by atoms with Crippen molar-refractivity contribution in [3.63, 3.8) is 0 Å². The van der Waals surface area contributed by atoms with Gasteiger partial charge in [-0.25, -0.2) is 0 Å². The van der Waals surface area contributed by atoms with Crippen LogP contribution in [0.25, 0.3) is 11.3 Å². The minimum absolute atomic E-state index is 0.0208. The lowest BCUT2D eigenvalue weighted by molar-refractivity contribution is -0.121. The summed E-state index contributed by atoms with van der Waals surface area (Å²) in [5.41, 5.74) is 5.09. The normalized spacial score (nSPS) is 10.7. The van der Waals surface area contributed by atoms with Gasteiger partial charge in [-0.15, -0.1) is 0 Å². The second-order valence-electron chi connectivity index (χ2n) is 7.15. The van der Waals surface area contributed by atoms with E-state index >= 15 is 0 Å². The van der Waals surface area contributed by atoms with E-state index in [1.165, 1.54) is 0 Å². The highest BCUT2D eigenvalue weighted by atomic mass is 16.1. The van der Waals surface area contributed by atoms with Crippen molar-refractivity contribution in [1.82, 2.24) is 15.3 Å². The molecule has 0 aliphatic carbocycles. The van der Waals surface area contributed by atoms with Gasteiger partial charge in [0.15, 0.2) is 0 Å². The van der Waals surface area contributed by atoms with Gasteiger partial charge in [-0.1, -0.05) is 60.7 Å². The molecule has 4 nitrogen and oxygen atoms in total. The zero-order valence-electron chi connectivity index (χ0n) is 16.6. The molecule has 0 atom stereocenters. The summed E-state index contributed by atoms with van der Waals surface area (Å²) in [6.07, 6.45) is 5.69. The van der Waals surface area contributed by atoms with E-state index in [0.717, 1.165) is 27.9 Å². The fourth-order valence-corrected chi connectivity index (χ4v) is 3.51. The number of amides is 1. The van der Waals surface area contributed by atoms with Crippen molar-refractivity contribution in [1.29, 1.82) is 0 Å². The Kier molecular flexibility index (Phi) is 6.25. The molecule has 30 heavy (non-hydrogen) atoms. The van der Waals surface area contributed by atoms with Crippen LogP contribution in [0.5, 0.6) is 0 Å². The summed E-state index contributed by atoms with van der Waals surface area (Å²) >= 11 is 0. The molecule has 2 aromatic carbocycles. The Hall–Kier alpha value is -3.79. The van der Waals surface area contributed by atoms with Crippen LogP contribution < -0.4 is 5.32 Å². The van der Waals surface area contributed by atoms with Crippen LogP contribution in [0.2, 0.25) is 0 Å². The van der Waals surface area contributed by atoms with Gasteiger partial charge in [-0.05, 0) is 41.0 Å². The van der Waals surface area contributed by atoms with Crippen LogP contribution >= 0.6 is 0 Å². The number of pyridine rings is 2. The quantitative estimate of drug-likeness (QED) is 0.482. The molecule has 1 N–H and O–H groups in total. The summed E-state index contributed by atoms with van der Waals surface area (Å²) in [6, 6.07) is 28.1. The zero-order valence-corrected chi connectivity index (χ0v) is 16.6. The van der Waals surface area contributed by atoms with Crippen LogP contribution in [0.4, 0.5) is 0 Å². The highest BCUT2D eigenvalue weighted by Gasteiger charge is 2.18. The number of nitrogens with zero attached hydrogens (tertiary/aromatic N) is 2. The summed E-state index contributed by atoms with van der Waals surface area (Å²) in [5.74, 6) is 0.0447. The zero-order chi connectivity index (χ0) is 20.6. The molecule has 0 saturated heterocycles. The van der Waals surface area contributed by atoms with E-state index in [9.17, 15) is 4.79 Å². The van der Waals surface area contributed by atoms with Crippen LogP contribution in [0.15, 0.2) is 104 Å². The summed E-state index contributed by atoms with van der Waals surface area (Å²) in [4.78, 5) is 21.3. The number of nitrogens with one attached hydrogen (secondary N) is 1. The first-order valence-corrected chi connectivity index (χ1v) is 10.0. The lowest BCUT2D eigenvalue weighted by Crippen LogP contribution is -2.25. The highest BCUT2D eigenvalue weighted by molar-refractivity contribution is 5.77. The Bertz CT molecular complexity index is 1040. The topological polar surface area (TPSA) is 54.9 Å². The van der Waals surface area contributed by atoms with E-state index in [-0.39, 0.29) is 11.8 Å². The molecule has 0 aliphatic heterocycles. The van der Waals surface area contributed by atoms with Gasteiger partial charge >= 0.3 is 0 Å². The van der Waals surface area contributed by atoms with Crippen LogP contribution in [-0.2, 0) is 11.3 Å². The van der Waals surface area contributed by atoms with E-state index in [4.69, 9.17) is 0 Å². The Labute approximate surface area is 176 Å². The van der Waals surface area contributed by atoms with E-state index in [1.807, 2.05) is 60.7 Å². The summed E-state index contributed by atoms with van der Waals surface area (Å²) < 4.78 is 0. The van der Waals surface area contributed by atoms with Crippen molar-refractivity contribution in [2.24, 2.45) is 0 Å². The van der Waals surface area contributed by atoms with Gasteiger partial charge < -0.3 is 5.32 Å². The van der Waals surface area contributed by atoms with Crippen LogP contribution in [0.3, 0.4) is 0 Å². The number of benzene rings is 2. The third-order valence-electron chi connectivity index (χ3n) is 5.06. The fraction of sp³-hybridized carbons (Fsp3) is 0.115. The molecule has 4 rings (SSSR count). The first-order chi connectivity index (χ1) is 14.8. The third kappa shape index (κ3) is 4.97. The molecule has 0 aliphatic rings. The Morgan fingerprint density at radius 1 is 0.833 bits per heavy atom. The Morgan fingerprint density at radius 3 is 2.17 bits per heavy atom. The van der Waals surface area contributed by atoms with Gasteiger partial charge in [0.25, 0.3) is 0 Å². The van der Waals surface area contributed by atoms with Gasteiger partial charge in [0.05, 0.1) is 5.69 Å². The third-order valence-corrected chi connectivity index (χ3v) is 5.06. The largest absolute Gasteiger partial charge is 0.352 e. The molecule has 0 radical (unpaired) electrons. The maximum Gasteiger partial charge on any atom is 0.221 e. The molecule has 0 unspecified atom stereocenters. The molecule has 2 heterocycles. The fourth-order valence-electron chi connectivity index (χ4n) is 3.51. The molecule has 2 aromatic heterocycles. The van der Waals surface area contributed by atoms with Crippen molar-refractivity contribution in [3.8, 4) is 11.3 Å². The number of carbonyl (C=O) groups excluding carboxylic acids is 1. The molecule has 0 bridgehead atoms. The lowest BCUT2D eigenvalue weighted by Gasteiger charge is -2.18. The van der Waals surface area contributed by atoms with Crippen molar-refractivity contribution < 1.29 is 4.79 Å².